The van der Waals surface area contributed by atoms with Crippen molar-refractivity contribution in [3.63, 3.8) is 0 Å². The van der Waals surface area contributed by atoms with Gasteiger partial charge in [0.25, 0.3) is 0 Å². The molecule has 0 aliphatic rings. The lowest BCUT2D eigenvalue weighted by atomic mass is 10.2. The minimum Gasteiger partial charge on any atom is -0.465 e. The van der Waals surface area contributed by atoms with Crippen molar-refractivity contribution >= 4 is 0 Å². The Balaban J connectivity index is 2.35. The second-order valence-corrected chi connectivity index (χ2v) is 3.20. The van der Waals surface area contributed by atoms with Crippen molar-refractivity contribution in [2.24, 2.45) is 0 Å². The van der Waals surface area contributed by atoms with Gasteiger partial charge in [-0.15, -0.1) is 0 Å². The molecule has 0 aromatic carbocycles. The third-order valence-corrected chi connectivity index (χ3v) is 1.97. The lowest BCUT2D eigenvalue weighted by Crippen LogP contribution is -2.20. The number of aryl methyl sites for hydroxylation is 1. The van der Waals surface area contributed by atoms with E-state index in [-0.39, 0.29) is 12.6 Å². The number of aliphatic hydroxyl groups is 1. The van der Waals surface area contributed by atoms with Gasteiger partial charge in [-0.3, -0.25) is 0 Å². The SMILES string of the molecule is Cc1ccc(C(C)NCCCO)o1. The van der Waals surface area contributed by atoms with Gasteiger partial charge in [-0.25, -0.2) is 0 Å². The molecule has 0 radical (unpaired) electrons. The van der Waals surface area contributed by atoms with Crippen molar-refractivity contribution in [1.82, 2.24) is 5.32 Å². The first-order chi connectivity index (χ1) is 6.24. The van der Waals surface area contributed by atoms with Gasteiger partial charge in [-0.1, -0.05) is 0 Å². The Kier molecular flexibility index (Phi) is 3.99. The lowest BCUT2D eigenvalue weighted by molar-refractivity contribution is 0.282. The Morgan fingerprint density at radius 1 is 1.54 bits per heavy atom. The van der Waals surface area contributed by atoms with E-state index in [9.17, 15) is 0 Å². The van der Waals surface area contributed by atoms with E-state index < -0.39 is 0 Å². The van der Waals surface area contributed by atoms with Gasteiger partial charge < -0.3 is 14.8 Å². The van der Waals surface area contributed by atoms with Crippen LogP contribution in [0.5, 0.6) is 0 Å². The topological polar surface area (TPSA) is 45.4 Å². The molecule has 0 aliphatic carbocycles. The summed E-state index contributed by atoms with van der Waals surface area (Å²) in [7, 11) is 0. The summed E-state index contributed by atoms with van der Waals surface area (Å²) in [5.41, 5.74) is 0. The quantitative estimate of drug-likeness (QED) is 0.682. The first kappa shape index (κ1) is 10.3. The molecule has 1 unspecified atom stereocenters. The van der Waals surface area contributed by atoms with Gasteiger partial charge in [-0.05, 0) is 38.9 Å². The Bertz CT molecular complexity index is 245. The third-order valence-electron chi connectivity index (χ3n) is 1.97. The summed E-state index contributed by atoms with van der Waals surface area (Å²) in [6.45, 7) is 5.04. The molecule has 0 saturated heterocycles. The number of rotatable bonds is 5. The van der Waals surface area contributed by atoms with E-state index in [1.165, 1.54) is 0 Å². The molecular weight excluding hydrogens is 166 g/mol. The van der Waals surface area contributed by atoms with Crippen molar-refractivity contribution in [3.05, 3.63) is 23.7 Å². The van der Waals surface area contributed by atoms with E-state index >= 15 is 0 Å². The van der Waals surface area contributed by atoms with Crippen LogP contribution in [0.2, 0.25) is 0 Å². The smallest absolute Gasteiger partial charge is 0.120 e. The first-order valence-electron chi connectivity index (χ1n) is 4.64. The highest BCUT2D eigenvalue weighted by Crippen LogP contribution is 2.14. The summed E-state index contributed by atoms with van der Waals surface area (Å²) in [6, 6.07) is 4.16. The number of nitrogens with one attached hydrogen (secondary N) is 1. The van der Waals surface area contributed by atoms with Crippen molar-refractivity contribution in [3.8, 4) is 0 Å². The van der Waals surface area contributed by atoms with Crippen LogP contribution >= 0.6 is 0 Å². The summed E-state index contributed by atoms with van der Waals surface area (Å²) in [4.78, 5) is 0. The summed E-state index contributed by atoms with van der Waals surface area (Å²) >= 11 is 0. The highest BCUT2D eigenvalue weighted by Gasteiger charge is 2.07. The standard InChI is InChI=1S/C10H17NO2/c1-8-4-5-10(13-8)9(2)11-6-3-7-12/h4-5,9,11-12H,3,6-7H2,1-2H3. The van der Waals surface area contributed by atoms with Gasteiger partial charge in [0, 0.05) is 6.61 Å². The van der Waals surface area contributed by atoms with Gasteiger partial charge in [0.2, 0.25) is 0 Å². The van der Waals surface area contributed by atoms with E-state index in [0.29, 0.717) is 0 Å². The van der Waals surface area contributed by atoms with Crippen LogP contribution in [0.4, 0.5) is 0 Å². The Labute approximate surface area is 78.8 Å². The fourth-order valence-corrected chi connectivity index (χ4v) is 1.18. The molecule has 0 spiro atoms. The van der Waals surface area contributed by atoms with Crippen LogP contribution in [-0.4, -0.2) is 18.3 Å². The summed E-state index contributed by atoms with van der Waals surface area (Å²) in [6.07, 6.45) is 0.782. The predicted molar refractivity (Wildman–Crippen MR) is 51.6 cm³/mol. The van der Waals surface area contributed by atoms with Gasteiger partial charge in [-0.2, -0.15) is 0 Å². The maximum Gasteiger partial charge on any atom is 0.120 e. The molecule has 0 saturated carbocycles. The van der Waals surface area contributed by atoms with Gasteiger partial charge >= 0.3 is 0 Å². The molecule has 3 nitrogen and oxygen atoms in total. The molecule has 0 amide bonds. The van der Waals surface area contributed by atoms with Gasteiger partial charge in [0.1, 0.15) is 11.5 Å². The first-order valence-corrected chi connectivity index (χ1v) is 4.64. The van der Waals surface area contributed by atoms with Crippen LogP contribution < -0.4 is 5.32 Å². The highest BCUT2D eigenvalue weighted by molar-refractivity contribution is 5.08. The highest BCUT2D eigenvalue weighted by atomic mass is 16.3. The van der Waals surface area contributed by atoms with E-state index in [2.05, 4.69) is 12.2 Å². The van der Waals surface area contributed by atoms with Crippen LogP contribution in [0.25, 0.3) is 0 Å². The second kappa shape index (κ2) is 5.04. The molecule has 1 atom stereocenters. The molecule has 1 rings (SSSR count). The van der Waals surface area contributed by atoms with Crippen LogP contribution in [0, 0.1) is 6.92 Å². The summed E-state index contributed by atoms with van der Waals surface area (Å²) in [5, 5.41) is 11.8. The molecule has 74 valence electrons. The molecular formula is C10H17NO2. The maximum absolute atomic E-state index is 8.59. The monoisotopic (exact) mass is 183 g/mol. The summed E-state index contributed by atoms with van der Waals surface area (Å²) in [5.74, 6) is 1.89. The Morgan fingerprint density at radius 2 is 2.31 bits per heavy atom. The Morgan fingerprint density at radius 3 is 2.85 bits per heavy atom. The number of hydrogen-bond donors (Lipinski definition) is 2. The van der Waals surface area contributed by atoms with Crippen molar-refractivity contribution in [1.29, 1.82) is 0 Å². The fraction of sp³-hybridized carbons (Fsp3) is 0.600. The predicted octanol–water partition coefficient (Wildman–Crippen LogP) is 1.62. The van der Waals surface area contributed by atoms with Crippen LogP contribution in [0.15, 0.2) is 16.5 Å². The largest absolute Gasteiger partial charge is 0.465 e. The molecule has 1 heterocycles. The number of hydrogen-bond acceptors (Lipinski definition) is 3. The van der Waals surface area contributed by atoms with Crippen LogP contribution in [0.3, 0.4) is 0 Å². The van der Waals surface area contributed by atoms with Crippen molar-refractivity contribution in [2.75, 3.05) is 13.2 Å². The third kappa shape index (κ3) is 3.20. The zero-order chi connectivity index (χ0) is 9.68. The minimum absolute atomic E-state index is 0.222. The zero-order valence-corrected chi connectivity index (χ0v) is 8.21. The van der Waals surface area contributed by atoms with Crippen LogP contribution in [-0.2, 0) is 0 Å². The minimum atomic E-state index is 0.222. The average Bonchev–Trinajstić information content (AvgIpc) is 2.52. The molecule has 13 heavy (non-hydrogen) atoms. The molecule has 0 fully saturated rings. The summed E-state index contributed by atoms with van der Waals surface area (Å²) < 4.78 is 5.45. The van der Waals surface area contributed by atoms with Crippen molar-refractivity contribution < 1.29 is 9.52 Å². The average molecular weight is 183 g/mol. The molecule has 2 N–H and O–H groups in total. The molecule has 0 bridgehead atoms. The second-order valence-electron chi connectivity index (χ2n) is 3.20. The maximum atomic E-state index is 8.59. The zero-order valence-electron chi connectivity index (χ0n) is 8.21. The molecule has 1 aromatic heterocycles. The van der Waals surface area contributed by atoms with Gasteiger partial charge in [0.05, 0.1) is 6.04 Å². The van der Waals surface area contributed by atoms with Gasteiger partial charge in [0.15, 0.2) is 0 Å². The molecule has 0 aliphatic heterocycles. The van der Waals surface area contributed by atoms with Crippen LogP contribution in [0.1, 0.15) is 30.9 Å². The number of furan rings is 1. The van der Waals surface area contributed by atoms with E-state index in [1.54, 1.807) is 0 Å². The van der Waals surface area contributed by atoms with E-state index in [1.807, 2.05) is 19.1 Å². The lowest BCUT2D eigenvalue weighted by Gasteiger charge is -2.09. The van der Waals surface area contributed by atoms with E-state index in [0.717, 1.165) is 24.5 Å². The van der Waals surface area contributed by atoms with Crippen molar-refractivity contribution in [2.45, 2.75) is 26.3 Å². The van der Waals surface area contributed by atoms with E-state index in [4.69, 9.17) is 9.52 Å². The Hall–Kier alpha value is -0.800. The molecule has 3 heteroatoms. The normalized spacial score (nSPS) is 13.2. The molecule has 1 aromatic rings. The number of aliphatic hydroxyl groups excluding tert-OH is 1. The fourth-order valence-electron chi connectivity index (χ4n) is 1.18.